The van der Waals surface area contributed by atoms with E-state index in [0.29, 0.717) is 0 Å². The van der Waals surface area contributed by atoms with Crippen molar-refractivity contribution in [3.63, 3.8) is 0 Å². The van der Waals surface area contributed by atoms with Crippen LogP contribution in [0, 0.1) is 6.92 Å². The fourth-order valence-electron chi connectivity index (χ4n) is 2.69. The van der Waals surface area contributed by atoms with Crippen LogP contribution in [0.3, 0.4) is 0 Å². The van der Waals surface area contributed by atoms with Crippen molar-refractivity contribution in [3.8, 4) is 0 Å². The molecule has 1 aliphatic rings. The summed E-state index contributed by atoms with van der Waals surface area (Å²) in [5, 5.41) is 0. The van der Waals surface area contributed by atoms with Crippen LogP contribution in [0.1, 0.15) is 37.5 Å². The van der Waals surface area contributed by atoms with Crippen LogP contribution in [0.2, 0.25) is 0 Å². The molecule has 0 aromatic heterocycles. The molecule has 0 N–H and O–H groups in total. The van der Waals surface area contributed by atoms with Crippen LogP contribution in [0.25, 0.3) is 0 Å². The van der Waals surface area contributed by atoms with Crippen molar-refractivity contribution in [2.75, 3.05) is 20.1 Å². The third-order valence-corrected chi connectivity index (χ3v) is 3.86. The number of aryl methyl sites for hydroxylation is 1. The minimum absolute atomic E-state index is 0.939. The number of rotatable bonds is 4. The van der Waals surface area contributed by atoms with Crippen LogP contribution >= 0.6 is 0 Å². The van der Waals surface area contributed by atoms with E-state index in [1.165, 1.54) is 11.1 Å². The Bertz CT molecular complexity index is 488. The maximum atomic E-state index is 4.17. The van der Waals surface area contributed by atoms with Gasteiger partial charge in [-0.2, -0.15) is 0 Å². The Balaban J connectivity index is 0.00000106. The van der Waals surface area contributed by atoms with Gasteiger partial charge in [-0.1, -0.05) is 44.7 Å². The van der Waals surface area contributed by atoms with E-state index < -0.39 is 0 Å². The average Bonchev–Trinajstić information content (AvgIpc) is 2.49. The van der Waals surface area contributed by atoms with Gasteiger partial charge in [0.15, 0.2) is 0 Å². The van der Waals surface area contributed by atoms with Gasteiger partial charge in [0.25, 0.3) is 0 Å². The number of hydrogen-bond acceptors (Lipinski definition) is 2. The van der Waals surface area contributed by atoms with E-state index >= 15 is 0 Å². The number of likely N-dealkylation sites (N-methyl/N-ethyl adjacent to an activating group) is 1. The van der Waals surface area contributed by atoms with E-state index in [0.717, 1.165) is 31.8 Å². The van der Waals surface area contributed by atoms with Gasteiger partial charge in [-0.25, -0.2) is 0 Å². The summed E-state index contributed by atoms with van der Waals surface area (Å²) in [4.78, 5) is 4.58. The zero-order valence-electron chi connectivity index (χ0n) is 14.3. The van der Waals surface area contributed by atoms with Gasteiger partial charge in [0.1, 0.15) is 0 Å². The molecular weight excluding hydrogens is 256 g/mol. The molecule has 0 fully saturated rings. The van der Waals surface area contributed by atoms with Crippen molar-refractivity contribution in [3.05, 3.63) is 59.4 Å². The van der Waals surface area contributed by atoms with E-state index in [4.69, 9.17) is 0 Å². The topological polar surface area (TPSA) is 6.48 Å². The normalized spacial score (nSPS) is 14.3. The van der Waals surface area contributed by atoms with Gasteiger partial charge in [-0.05, 0) is 43.2 Å². The summed E-state index contributed by atoms with van der Waals surface area (Å²) >= 11 is 0. The molecule has 0 bridgehead atoms. The fourth-order valence-corrected chi connectivity index (χ4v) is 2.69. The molecule has 1 heterocycles. The molecule has 0 aliphatic carbocycles. The quantitative estimate of drug-likeness (QED) is 0.811. The maximum absolute atomic E-state index is 4.17. The molecule has 21 heavy (non-hydrogen) atoms. The standard InChI is InChI=1S/C17H24N2.C2H6/c1-5-10-18(4)15(3)12-19-11-9-17-14(2)7-6-8-16(17)13-19;1-2/h5-8,10H,3,9,11-13H2,1-2,4H3;1-2H3/b10-5-;. The minimum Gasteiger partial charge on any atom is -0.354 e. The molecule has 0 atom stereocenters. The molecule has 0 spiro atoms. The molecule has 2 rings (SSSR count). The van der Waals surface area contributed by atoms with Gasteiger partial charge in [0, 0.05) is 32.4 Å². The van der Waals surface area contributed by atoms with Crippen LogP contribution in [-0.2, 0) is 13.0 Å². The Hall–Kier alpha value is -1.54. The van der Waals surface area contributed by atoms with Crippen LogP contribution in [-0.4, -0.2) is 29.9 Å². The van der Waals surface area contributed by atoms with E-state index in [1.807, 2.05) is 26.8 Å². The Morgan fingerprint density at radius 2 is 2.10 bits per heavy atom. The molecule has 0 amide bonds. The van der Waals surface area contributed by atoms with Crippen LogP contribution in [0.4, 0.5) is 0 Å². The summed E-state index contributed by atoms with van der Waals surface area (Å²) in [5.74, 6) is 0. The van der Waals surface area contributed by atoms with E-state index in [1.54, 1.807) is 5.56 Å². The third kappa shape index (κ3) is 4.75. The van der Waals surface area contributed by atoms with E-state index in [9.17, 15) is 0 Å². The lowest BCUT2D eigenvalue weighted by Crippen LogP contribution is -2.34. The molecule has 0 saturated carbocycles. The molecule has 116 valence electrons. The SMILES string of the molecule is C=C(CN1CCc2c(C)cccc2C1)N(C)/C=C\C.CC. The smallest absolute Gasteiger partial charge is 0.0384 e. The van der Waals surface area contributed by atoms with Crippen molar-refractivity contribution < 1.29 is 0 Å². The Labute approximate surface area is 130 Å². The van der Waals surface area contributed by atoms with Gasteiger partial charge in [0.05, 0.1) is 0 Å². The molecule has 1 aromatic rings. The highest BCUT2D eigenvalue weighted by molar-refractivity contribution is 5.36. The maximum Gasteiger partial charge on any atom is 0.0384 e. The zero-order chi connectivity index (χ0) is 15.8. The lowest BCUT2D eigenvalue weighted by atomic mass is 9.95. The summed E-state index contributed by atoms with van der Waals surface area (Å²) in [6.07, 6.45) is 5.26. The van der Waals surface area contributed by atoms with Crippen molar-refractivity contribution in [2.45, 2.75) is 40.7 Å². The first-order valence-corrected chi connectivity index (χ1v) is 7.95. The summed E-state index contributed by atoms with van der Waals surface area (Å²) in [7, 11) is 2.06. The number of nitrogens with zero attached hydrogens (tertiary/aromatic N) is 2. The second kappa shape index (κ2) is 8.68. The number of benzene rings is 1. The van der Waals surface area contributed by atoms with Crippen molar-refractivity contribution in [1.29, 1.82) is 0 Å². The second-order valence-electron chi connectivity index (χ2n) is 5.33. The molecule has 1 aromatic carbocycles. The van der Waals surface area contributed by atoms with E-state index in [2.05, 4.69) is 54.7 Å². The predicted molar refractivity (Wildman–Crippen MR) is 93.2 cm³/mol. The van der Waals surface area contributed by atoms with E-state index in [-0.39, 0.29) is 0 Å². The molecule has 0 saturated heterocycles. The first-order valence-electron chi connectivity index (χ1n) is 7.95. The lowest BCUT2D eigenvalue weighted by molar-refractivity contribution is 0.259. The first kappa shape index (κ1) is 17.5. The highest BCUT2D eigenvalue weighted by atomic mass is 15.2. The molecule has 2 nitrogen and oxygen atoms in total. The summed E-state index contributed by atoms with van der Waals surface area (Å²) < 4.78 is 0. The van der Waals surface area contributed by atoms with Gasteiger partial charge in [0.2, 0.25) is 0 Å². The Morgan fingerprint density at radius 1 is 1.38 bits per heavy atom. The van der Waals surface area contributed by atoms with Crippen molar-refractivity contribution >= 4 is 0 Å². The average molecular weight is 286 g/mol. The summed E-state index contributed by atoms with van der Waals surface area (Å²) in [5.41, 5.74) is 5.61. The molecule has 1 aliphatic heterocycles. The Kier molecular flexibility index (Phi) is 7.24. The monoisotopic (exact) mass is 286 g/mol. The highest BCUT2D eigenvalue weighted by Crippen LogP contribution is 2.22. The van der Waals surface area contributed by atoms with Gasteiger partial charge >= 0.3 is 0 Å². The molecule has 0 radical (unpaired) electrons. The Morgan fingerprint density at radius 3 is 2.76 bits per heavy atom. The zero-order valence-corrected chi connectivity index (χ0v) is 14.3. The highest BCUT2D eigenvalue weighted by Gasteiger charge is 2.18. The van der Waals surface area contributed by atoms with Crippen molar-refractivity contribution in [1.82, 2.24) is 9.80 Å². The fraction of sp³-hybridized carbons (Fsp3) is 0.474. The largest absolute Gasteiger partial charge is 0.354 e. The summed E-state index contributed by atoms with van der Waals surface area (Å²) in [6, 6.07) is 6.64. The van der Waals surface area contributed by atoms with Gasteiger partial charge in [-0.15, -0.1) is 0 Å². The summed E-state index contributed by atoms with van der Waals surface area (Å²) in [6.45, 7) is 15.5. The van der Waals surface area contributed by atoms with Crippen LogP contribution in [0.15, 0.2) is 42.8 Å². The molecule has 2 heteroatoms. The number of fused-ring (bicyclic) bond motifs is 1. The predicted octanol–water partition coefficient (Wildman–Crippen LogP) is 4.36. The number of hydrogen-bond donors (Lipinski definition) is 0. The molecule has 0 unspecified atom stereocenters. The van der Waals surface area contributed by atoms with Gasteiger partial charge < -0.3 is 4.90 Å². The lowest BCUT2D eigenvalue weighted by Gasteiger charge is -2.31. The van der Waals surface area contributed by atoms with Gasteiger partial charge in [-0.3, -0.25) is 4.90 Å². The second-order valence-corrected chi connectivity index (χ2v) is 5.33. The third-order valence-electron chi connectivity index (χ3n) is 3.86. The minimum atomic E-state index is 0.939. The first-order chi connectivity index (χ1) is 10.1. The van der Waals surface area contributed by atoms with Crippen LogP contribution < -0.4 is 0 Å². The number of allylic oxidation sites excluding steroid dienone is 1. The molecular formula is C19H30N2. The van der Waals surface area contributed by atoms with Crippen molar-refractivity contribution in [2.24, 2.45) is 0 Å². The van der Waals surface area contributed by atoms with Crippen LogP contribution in [0.5, 0.6) is 0 Å².